The summed E-state index contributed by atoms with van der Waals surface area (Å²) < 4.78 is 16.5. The Balaban J connectivity index is 1.60. The molecule has 0 amide bonds. The minimum atomic E-state index is -0.0836. The number of nitrogens with zero attached hydrogens (tertiary/aromatic N) is 2. The number of fused-ring (bicyclic) bond motifs is 1. The van der Waals surface area contributed by atoms with Gasteiger partial charge in [-0.15, -0.1) is 0 Å². The number of nitrogens with one attached hydrogen (secondary N) is 1. The Labute approximate surface area is 116 Å². The van der Waals surface area contributed by atoms with Crippen molar-refractivity contribution < 1.29 is 14.2 Å². The van der Waals surface area contributed by atoms with E-state index in [9.17, 15) is 0 Å². The number of benzene rings is 1. The van der Waals surface area contributed by atoms with Gasteiger partial charge in [-0.2, -0.15) is 4.98 Å². The highest BCUT2D eigenvalue weighted by atomic mass is 16.6. The highest BCUT2D eigenvalue weighted by Gasteiger charge is 2.20. The fraction of sp³-hybridized carbons (Fsp3) is 0.286. The molecule has 2 aromatic rings. The topological polar surface area (TPSA) is 65.5 Å². The van der Waals surface area contributed by atoms with E-state index in [1.165, 1.54) is 0 Å². The molecule has 0 saturated heterocycles. The van der Waals surface area contributed by atoms with Gasteiger partial charge < -0.3 is 19.5 Å². The van der Waals surface area contributed by atoms with E-state index in [-0.39, 0.29) is 6.10 Å². The van der Waals surface area contributed by atoms with Crippen LogP contribution in [0.3, 0.4) is 0 Å². The van der Waals surface area contributed by atoms with Crippen LogP contribution in [0.5, 0.6) is 17.4 Å². The van der Waals surface area contributed by atoms with E-state index < -0.39 is 0 Å². The zero-order valence-corrected chi connectivity index (χ0v) is 11.1. The number of hydrogen-bond donors (Lipinski definition) is 1. The van der Waals surface area contributed by atoms with Crippen molar-refractivity contribution in [3.8, 4) is 17.4 Å². The SMILES string of the molecule is COc1ccnc(NCC2COc3ccccc3O2)n1. The zero-order chi connectivity index (χ0) is 13.8. The van der Waals surface area contributed by atoms with Crippen LogP contribution in [-0.2, 0) is 0 Å². The number of ether oxygens (including phenoxy) is 3. The average molecular weight is 273 g/mol. The first-order chi connectivity index (χ1) is 9.85. The van der Waals surface area contributed by atoms with Gasteiger partial charge in [-0.05, 0) is 12.1 Å². The second-order valence-corrected chi connectivity index (χ2v) is 4.30. The molecule has 6 heteroatoms. The van der Waals surface area contributed by atoms with E-state index in [0.717, 1.165) is 11.5 Å². The molecule has 0 radical (unpaired) electrons. The maximum Gasteiger partial charge on any atom is 0.226 e. The zero-order valence-electron chi connectivity index (χ0n) is 11.1. The monoisotopic (exact) mass is 273 g/mol. The molecule has 0 spiro atoms. The molecule has 20 heavy (non-hydrogen) atoms. The summed E-state index contributed by atoms with van der Waals surface area (Å²) in [6, 6.07) is 9.32. The van der Waals surface area contributed by atoms with Crippen molar-refractivity contribution in [3.63, 3.8) is 0 Å². The summed E-state index contributed by atoms with van der Waals surface area (Å²) in [5.74, 6) is 2.57. The predicted octanol–water partition coefficient (Wildman–Crippen LogP) is 1.74. The summed E-state index contributed by atoms with van der Waals surface area (Å²) in [7, 11) is 1.57. The molecule has 3 rings (SSSR count). The Bertz CT molecular complexity index is 591. The van der Waals surface area contributed by atoms with Gasteiger partial charge in [0.05, 0.1) is 13.7 Å². The molecule has 0 aliphatic carbocycles. The maximum atomic E-state index is 5.84. The molecule has 6 nitrogen and oxygen atoms in total. The van der Waals surface area contributed by atoms with Crippen molar-refractivity contribution in [1.29, 1.82) is 0 Å². The van der Waals surface area contributed by atoms with Gasteiger partial charge in [-0.25, -0.2) is 4.98 Å². The van der Waals surface area contributed by atoms with Crippen molar-refractivity contribution in [3.05, 3.63) is 36.5 Å². The number of aromatic nitrogens is 2. The molecular formula is C14H15N3O3. The van der Waals surface area contributed by atoms with Crippen LogP contribution in [0, 0.1) is 0 Å². The van der Waals surface area contributed by atoms with Gasteiger partial charge >= 0.3 is 0 Å². The van der Waals surface area contributed by atoms with Crippen LogP contribution in [0.25, 0.3) is 0 Å². The van der Waals surface area contributed by atoms with E-state index in [1.807, 2.05) is 24.3 Å². The maximum absolute atomic E-state index is 5.84. The molecule has 104 valence electrons. The third-order valence-electron chi connectivity index (χ3n) is 2.89. The predicted molar refractivity (Wildman–Crippen MR) is 73.4 cm³/mol. The van der Waals surface area contributed by atoms with E-state index >= 15 is 0 Å². The van der Waals surface area contributed by atoms with Crippen molar-refractivity contribution in [2.45, 2.75) is 6.10 Å². The normalized spacial score (nSPS) is 16.6. The quantitative estimate of drug-likeness (QED) is 0.915. The molecule has 0 bridgehead atoms. The molecule has 1 aliphatic rings. The van der Waals surface area contributed by atoms with Crippen LogP contribution in [-0.4, -0.2) is 36.3 Å². The summed E-state index contributed by atoms with van der Waals surface area (Å²) in [4.78, 5) is 8.30. The van der Waals surface area contributed by atoms with Gasteiger partial charge in [0.1, 0.15) is 12.7 Å². The highest BCUT2D eigenvalue weighted by molar-refractivity contribution is 5.41. The molecule has 2 heterocycles. The summed E-state index contributed by atoms with van der Waals surface area (Å²) in [6.45, 7) is 1.05. The van der Waals surface area contributed by atoms with Gasteiger partial charge in [-0.1, -0.05) is 12.1 Å². The van der Waals surface area contributed by atoms with Crippen LogP contribution < -0.4 is 19.5 Å². The lowest BCUT2D eigenvalue weighted by molar-refractivity contribution is 0.0996. The molecule has 0 fully saturated rings. The Morgan fingerprint density at radius 2 is 2.15 bits per heavy atom. The van der Waals surface area contributed by atoms with Gasteiger partial charge in [0, 0.05) is 12.3 Å². The van der Waals surface area contributed by atoms with E-state index in [4.69, 9.17) is 14.2 Å². The smallest absolute Gasteiger partial charge is 0.226 e. The third kappa shape index (κ3) is 2.74. The molecular weight excluding hydrogens is 258 g/mol. The van der Waals surface area contributed by atoms with Gasteiger partial charge in [0.25, 0.3) is 0 Å². The molecule has 1 aliphatic heterocycles. The van der Waals surface area contributed by atoms with Crippen LogP contribution in [0.15, 0.2) is 36.5 Å². The summed E-state index contributed by atoms with van der Waals surface area (Å²) in [5.41, 5.74) is 0. The highest BCUT2D eigenvalue weighted by Crippen LogP contribution is 2.30. The van der Waals surface area contributed by atoms with Crippen molar-refractivity contribution in [2.75, 3.05) is 25.6 Å². The largest absolute Gasteiger partial charge is 0.486 e. The van der Waals surface area contributed by atoms with Crippen LogP contribution in [0.4, 0.5) is 5.95 Å². The van der Waals surface area contributed by atoms with Gasteiger partial charge in [0.2, 0.25) is 11.8 Å². The third-order valence-corrected chi connectivity index (χ3v) is 2.89. The summed E-state index contributed by atoms with van der Waals surface area (Å²) >= 11 is 0. The molecule has 0 saturated carbocycles. The van der Waals surface area contributed by atoms with Gasteiger partial charge in [-0.3, -0.25) is 0 Å². The molecule has 1 aromatic carbocycles. The minimum absolute atomic E-state index is 0.0836. The first-order valence-electron chi connectivity index (χ1n) is 6.34. The average Bonchev–Trinajstić information content (AvgIpc) is 2.53. The fourth-order valence-electron chi connectivity index (χ4n) is 1.91. The van der Waals surface area contributed by atoms with Crippen molar-refractivity contribution in [1.82, 2.24) is 9.97 Å². The van der Waals surface area contributed by atoms with Crippen molar-refractivity contribution in [2.24, 2.45) is 0 Å². The standard InChI is InChI=1S/C14H15N3O3/c1-18-13-6-7-15-14(17-13)16-8-10-9-19-11-4-2-3-5-12(11)20-10/h2-7,10H,8-9H2,1H3,(H,15,16,17). The fourth-order valence-corrected chi connectivity index (χ4v) is 1.91. The first kappa shape index (κ1) is 12.5. The van der Waals surface area contributed by atoms with E-state index in [2.05, 4.69) is 15.3 Å². The Morgan fingerprint density at radius 3 is 3.00 bits per heavy atom. The Kier molecular flexibility index (Phi) is 3.54. The molecule has 1 N–H and O–H groups in total. The minimum Gasteiger partial charge on any atom is -0.486 e. The number of hydrogen-bond acceptors (Lipinski definition) is 6. The lowest BCUT2D eigenvalue weighted by Crippen LogP contribution is -2.35. The summed E-state index contributed by atoms with van der Waals surface area (Å²) in [6.07, 6.45) is 1.56. The van der Waals surface area contributed by atoms with E-state index in [1.54, 1.807) is 19.4 Å². The number of methoxy groups -OCH3 is 1. The second kappa shape index (κ2) is 5.64. The van der Waals surface area contributed by atoms with Crippen LogP contribution in [0.2, 0.25) is 0 Å². The van der Waals surface area contributed by atoms with E-state index in [0.29, 0.717) is 25.0 Å². The summed E-state index contributed by atoms with van der Waals surface area (Å²) in [5, 5.41) is 3.11. The molecule has 1 unspecified atom stereocenters. The molecule has 1 atom stereocenters. The molecule has 1 aromatic heterocycles. The van der Waals surface area contributed by atoms with Gasteiger partial charge in [0.15, 0.2) is 11.5 Å². The number of para-hydroxylation sites is 2. The lowest BCUT2D eigenvalue weighted by Gasteiger charge is -2.26. The first-order valence-corrected chi connectivity index (χ1v) is 6.34. The number of anilines is 1. The van der Waals surface area contributed by atoms with Crippen LogP contribution in [0.1, 0.15) is 0 Å². The lowest BCUT2D eigenvalue weighted by atomic mass is 10.2. The second-order valence-electron chi connectivity index (χ2n) is 4.30. The van der Waals surface area contributed by atoms with Crippen molar-refractivity contribution >= 4 is 5.95 Å². The van der Waals surface area contributed by atoms with Crippen LogP contribution >= 0.6 is 0 Å². The Morgan fingerprint density at radius 1 is 1.30 bits per heavy atom. The number of rotatable bonds is 4. The Hall–Kier alpha value is -2.50.